The Balaban J connectivity index is 1.27. The van der Waals surface area contributed by atoms with Crippen LogP contribution < -0.4 is 0 Å². The average molecular weight is 571 g/mol. The molecule has 1 aliphatic rings. The fourth-order valence-electron chi connectivity index (χ4n) is 3.90. The number of nitrogens with zero attached hydrogens (tertiary/aromatic N) is 4. The van der Waals surface area contributed by atoms with Crippen molar-refractivity contribution in [2.24, 2.45) is 0 Å². The third-order valence-corrected chi connectivity index (χ3v) is 6.67. The van der Waals surface area contributed by atoms with E-state index in [1.165, 1.54) is 11.1 Å². The summed E-state index contributed by atoms with van der Waals surface area (Å²) in [6, 6.07) is 18.1. The van der Waals surface area contributed by atoms with Gasteiger partial charge >= 0.3 is 0 Å². The first-order valence-corrected chi connectivity index (χ1v) is 12.2. The number of hydrogen-bond donors (Lipinski definition) is 0. The number of aromatic nitrogens is 3. The van der Waals surface area contributed by atoms with Gasteiger partial charge < -0.3 is 0 Å². The van der Waals surface area contributed by atoms with Crippen LogP contribution in [0.1, 0.15) is 16.8 Å². The highest BCUT2D eigenvalue weighted by molar-refractivity contribution is 9.11. The highest BCUT2D eigenvalue weighted by atomic mass is 79.9. The zero-order valence-electron chi connectivity index (χ0n) is 17.1. The van der Waals surface area contributed by atoms with Gasteiger partial charge in [0.2, 0.25) is 0 Å². The second-order valence-electron chi connectivity index (χ2n) is 7.84. The molecule has 0 bridgehead atoms. The number of pyridine rings is 1. The van der Waals surface area contributed by atoms with Crippen LogP contribution in [-0.2, 0) is 19.5 Å². The zero-order valence-corrected chi connectivity index (χ0v) is 21.0. The van der Waals surface area contributed by atoms with Crippen LogP contribution in [-0.4, -0.2) is 26.4 Å². The standard InChI is InChI=1S/C25H19Br2ClN4/c26-20-9-18(10-21(27)11-20)23-6-1-16(12-29-23)14-32-8-7-24-19(15-32)13-30-25(31-24)17-2-4-22(28)5-3-17/h1-6,9-13H,7-8,14-15H2. The molecule has 0 N–H and O–H groups in total. The Labute approximate surface area is 209 Å². The monoisotopic (exact) mass is 568 g/mol. The maximum atomic E-state index is 5.99. The molecule has 7 heteroatoms. The minimum absolute atomic E-state index is 0.717. The molecule has 1 aliphatic heterocycles. The Kier molecular flexibility index (Phi) is 6.37. The van der Waals surface area contributed by atoms with Gasteiger partial charge in [-0.05, 0) is 54.1 Å². The van der Waals surface area contributed by atoms with Gasteiger partial charge in [-0.3, -0.25) is 9.88 Å². The minimum atomic E-state index is 0.717. The molecule has 2 aromatic carbocycles. The molecular formula is C25H19Br2ClN4. The molecular weight excluding hydrogens is 552 g/mol. The molecule has 2 aromatic heterocycles. The molecule has 32 heavy (non-hydrogen) atoms. The summed E-state index contributed by atoms with van der Waals surface area (Å²) >= 11 is 13.1. The summed E-state index contributed by atoms with van der Waals surface area (Å²) in [6.07, 6.45) is 4.85. The Morgan fingerprint density at radius 3 is 2.38 bits per heavy atom. The lowest BCUT2D eigenvalue weighted by Gasteiger charge is -2.28. The lowest BCUT2D eigenvalue weighted by atomic mass is 10.1. The third kappa shape index (κ3) is 4.94. The van der Waals surface area contributed by atoms with Crippen molar-refractivity contribution in [3.8, 4) is 22.6 Å². The van der Waals surface area contributed by atoms with Gasteiger partial charge in [-0.1, -0.05) is 49.5 Å². The van der Waals surface area contributed by atoms with Gasteiger partial charge in [0, 0.05) is 69.1 Å². The van der Waals surface area contributed by atoms with Crippen LogP contribution in [0.3, 0.4) is 0 Å². The average Bonchev–Trinajstić information content (AvgIpc) is 2.79. The van der Waals surface area contributed by atoms with Crippen LogP contribution >= 0.6 is 43.5 Å². The van der Waals surface area contributed by atoms with Gasteiger partial charge in [-0.2, -0.15) is 0 Å². The van der Waals surface area contributed by atoms with Crippen molar-refractivity contribution in [3.63, 3.8) is 0 Å². The van der Waals surface area contributed by atoms with E-state index in [9.17, 15) is 0 Å². The van der Waals surface area contributed by atoms with E-state index < -0.39 is 0 Å². The second-order valence-corrected chi connectivity index (χ2v) is 10.1. The van der Waals surface area contributed by atoms with Gasteiger partial charge in [-0.15, -0.1) is 0 Å². The van der Waals surface area contributed by atoms with E-state index in [4.69, 9.17) is 16.6 Å². The molecule has 0 amide bonds. The minimum Gasteiger partial charge on any atom is -0.294 e. The first-order chi connectivity index (χ1) is 15.5. The molecule has 0 saturated heterocycles. The van der Waals surface area contributed by atoms with Crippen LogP contribution in [0.4, 0.5) is 0 Å². The first kappa shape index (κ1) is 21.7. The second kappa shape index (κ2) is 9.40. The van der Waals surface area contributed by atoms with E-state index >= 15 is 0 Å². The molecule has 0 radical (unpaired) electrons. The lowest BCUT2D eigenvalue weighted by molar-refractivity contribution is 0.242. The summed E-state index contributed by atoms with van der Waals surface area (Å²) in [6.45, 7) is 2.66. The zero-order chi connectivity index (χ0) is 22.1. The normalized spacial score (nSPS) is 13.7. The smallest absolute Gasteiger partial charge is 0.159 e. The summed E-state index contributed by atoms with van der Waals surface area (Å²) in [5.41, 5.74) is 6.56. The lowest BCUT2D eigenvalue weighted by Crippen LogP contribution is -2.31. The van der Waals surface area contributed by atoms with E-state index in [0.717, 1.165) is 68.4 Å². The maximum absolute atomic E-state index is 5.99. The summed E-state index contributed by atoms with van der Waals surface area (Å²) in [5.74, 6) is 0.757. The van der Waals surface area contributed by atoms with E-state index in [1.54, 1.807) is 0 Å². The van der Waals surface area contributed by atoms with Crippen molar-refractivity contribution in [1.29, 1.82) is 0 Å². The van der Waals surface area contributed by atoms with Crippen LogP contribution in [0.15, 0.2) is 75.9 Å². The van der Waals surface area contributed by atoms with Crippen molar-refractivity contribution in [3.05, 3.63) is 97.8 Å². The number of benzene rings is 2. The van der Waals surface area contributed by atoms with Crippen molar-refractivity contribution in [2.45, 2.75) is 19.5 Å². The number of rotatable bonds is 4. The summed E-state index contributed by atoms with van der Waals surface area (Å²) < 4.78 is 2.06. The molecule has 5 rings (SSSR count). The molecule has 4 nitrogen and oxygen atoms in total. The van der Waals surface area contributed by atoms with Crippen LogP contribution in [0.2, 0.25) is 5.02 Å². The summed E-state index contributed by atoms with van der Waals surface area (Å²) in [4.78, 5) is 16.5. The van der Waals surface area contributed by atoms with Crippen molar-refractivity contribution in [2.75, 3.05) is 6.54 Å². The van der Waals surface area contributed by atoms with Gasteiger partial charge in [-0.25, -0.2) is 9.97 Å². The maximum Gasteiger partial charge on any atom is 0.159 e. The Morgan fingerprint density at radius 1 is 0.875 bits per heavy atom. The molecule has 0 unspecified atom stereocenters. The molecule has 0 aliphatic carbocycles. The Morgan fingerprint density at radius 2 is 1.66 bits per heavy atom. The van der Waals surface area contributed by atoms with E-state index in [0.29, 0.717) is 0 Å². The van der Waals surface area contributed by atoms with Gasteiger partial charge in [0.1, 0.15) is 0 Å². The highest BCUT2D eigenvalue weighted by Crippen LogP contribution is 2.27. The number of fused-ring (bicyclic) bond motifs is 1. The molecule has 0 atom stereocenters. The van der Waals surface area contributed by atoms with Crippen LogP contribution in [0.25, 0.3) is 22.6 Å². The van der Waals surface area contributed by atoms with E-state index in [2.05, 4.69) is 71.0 Å². The predicted molar refractivity (Wildman–Crippen MR) is 135 cm³/mol. The van der Waals surface area contributed by atoms with Gasteiger partial charge in [0.05, 0.1) is 11.4 Å². The van der Waals surface area contributed by atoms with Crippen LogP contribution in [0.5, 0.6) is 0 Å². The molecule has 3 heterocycles. The first-order valence-electron chi connectivity index (χ1n) is 10.3. The third-order valence-electron chi connectivity index (χ3n) is 5.50. The van der Waals surface area contributed by atoms with Crippen molar-refractivity contribution < 1.29 is 0 Å². The fraction of sp³-hybridized carbons (Fsp3) is 0.160. The molecule has 160 valence electrons. The van der Waals surface area contributed by atoms with Crippen molar-refractivity contribution in [1.82, 2.24) is 19.9 Å². The van der Waals surface area contributed by atoms with Gasteiger partial charge in [0.25, 0.3) is 0 Å². The largest absolute Gasteiger partial charge is 0.294 e. The Bertz CT molecular complexity index is 1240. The van der Waals surface area contributed by atoms with Crippen LogP contribution in [0, 0.1) is 0 Å². The SMILES string of the molecule is Clc1ccc(-c2ncc3c(n2)CCN(Cc2ccc(-c4cc(Br)cc(Br)c4)nc2)C3)cc1. The fourth-order valence-corrected chi connectivity index (χ4v) is 5.32. The summed E-state index contributed by atoms with van der Waals surface area (Å²) in [7, 11) is 0. The quantitative estimate of drug-likeness (QED) is 0.267. The van der Waals surface area contributed by atoms with Gasteiger partial charge in [0.15, 0.2) is 5.82 Å². The molecule has 0 fully saturated rings. The molecule has 4 aromatic rings. The topological polar surface area (TPSA) is 41.9 Å². The number of halogens is 3. The highest BCUT2D eigenvalue weighted by Gasteiger charge is 2.19. The van der Waals surface area contributed by atoms with E-state index in [1.807, 2.05) is 42.7 Å². The summed E-state index contributed by atoms with van der Waals surface area (Å²) in [5, 5.41) is 0.717. The van der Waals surface area contributed by atoms with Crippen molar-refractivity contribution >= 4 is 43.5 Å². The number of hydrogen-bond acceptors (Lipinski definition) is 4. The predicted octanol–water partition coefficient (Wildman–Crippen LogP) is 6.94. The van der Waals surface area contributed by atoms with E-state index in [-0.39, 0.29) is 0 Å². The Hall–Kier alpha value is -2.12. The molecule has 0 saturated carbocycles. The molecule has 0 spiro atoms.